The van der Waals surface area contributed by atoms with Crippen molar-refractivity contribution in [3.05, 3.63) is 65.2 Å². The van der Waals surface area contributed by atoms with Gasteiger partial charge >= 0.3 is 0 Å². The summed E-state index contributed by atoms with van der Waals surface area (Å²) in [6, 6.07) is 15.9. The molecule has 0 aliphatic carbocycles. The van der Waals surface area contributed by atoms with Gasteiger partial charge in [-0.25, -0.2) is 0 Å². The number of hydrogen-bond acceptors (Lipinski definition) is 2. The summed E-state index contributed by atoms with van der Waals surface area (Å²) >= 11 is 0. The summed E-state index contributed by atoms with van der Waals surface area (Å²) in [5, 5.41) is 2.95. The molecule has 0 spiro atoms. The maximum atomic E-state index is 12.0. The van der Waals surface area contributed by atoms with E-state index in [9.17, 15) is 4.79 Å². The zero-order valence-corrected chi connectivity index (χ0v) is 11.5. The van der Waals surface area contributed by atoms with Crippen LogP contribution in [0.3, 0.4) is 0 Å². The predicted octanol–water partition coefficient (Wildman–Crippen LogP) is 2.80. The first-order valence-corrected chi connectivity index (χ1v) is 6.87. The van der Waals surface area contributed by atoms with Crippen LogP contribution in [0.4, 0.5) is 5.69 Å². The van der Waals surface area contributed by atoms with Crippen molar-refractivity contribution in [3.8, 4) is 0 Å². The van der Waals surface area contributed by atoms with Crippen LogP contribution in [-0.2, 0) is 4.79 Å². The fraction of sp³-hybridized carbons (Fsp3) is 0.235. The minimum atomic E-state index is -0.479. The number of nitrogens with two attached hydrogens (primary N) is 1. The van der Waals surface area contributed by atoms with Crippen LogP contribution in [0.1, 0.15) is 29.0 Å². The Hall–Kier alpha value is -2.13. The Balaban J connectivity index is 2.12. The van der Waals surface area contributed by atoms with Gasteiger partial charge in [0.25, 0.3) is 0 Å². The van der Waals surface area contributed by atoms with Gasteiger partial charge in [0.05, 0.1) is 6.04 Å². The lowest BCUT2D eigenvalue weighted by Gasteiger charge is -2.19. The van der Waals surface area contributed by atoms with Gasteiger partial charge in [0, 0.05) is 11.6 Å². The summed E-state index contributed by atoms with van der Waals surface area (Å²) in [5.74, 6) is 0.0519. The number of anilines is 1. The van der Waals surface area contributed by atoms with Crippen LogP contribution >= 0.6 is 0 Å². The van der Waals surface area contributed by atoms with Crippen molar-refractivity contribution in [3.63, 3.8) is 0 Å². The van der Waals surface area contributed by atoms with E-state index < -0.39 is 6.04 Å². The molecule has 3 rings (SSSR count). The molecule has 1 amide bonds. The molecule has 0 fully saturated rings. The fourth-order valence-electron chi connectivity index (χ4n) is 2.80. The first-order valence-electron chi connectivity index (χ1n) is 6.87. The minimum absolute atomic E-state index is 0.102. The Bertz CT molecular complexity index is 637. The fourth-order valence-corrected chi connectivity index (χ4v) is 2.80. The molecular formula is C17H18N2O. The predicted molar refractivity (Wildman–Crippen MR) is 80.7 cm³/mol. The summed E-state index contributed by atoms with van der Waals surface area (Å²) in [4.78, 5) is 12.0. The van der Waals surface area contributed by atoms with Crippen LogP contribution < -0.4 is 11.1 Å². The molecule has 1 aliphatic heterocycles. The number of benzene rings is 2. The molecule has 3 nitrogen and oxygen atoms in total. The van der Waals surface area contributed by atoms with Crippen molar-refractivity contribution in [2.24, 2.45) is 5.73 Å². The summed E-state index contributed by atoms with van der Waals surface area (Å²) in [6.07, 6.45) is 0.631. The molecule has 2 aromatic carbocycles. The third-order valence-electron chi connectivity index (χ3n) is 3.87. The maximum Gasteiger partial charge on any atom is 0.241 e. The van der Waals surface area contributed by atoms with Crippen LogP contribution in [0.25, 0.3) is 0 Å². The van der Waals surface area contributed by atoms with Gasteiger partial charge in [-0.1, -0.05) is 42.5 Å². The summed E-state index contributed by atoms with van der Waals surface area (Å²) in [5.41, 5.74) is 10.4. The van der Waals surface area contributed by atoms with E-state index in [0.717, 1.165) is 16.8 Å². The average Bonchev–Trinajstić information content (AvgIpc) is 2.57. The highest BCUT2D eigenvalue weighted by atomic mass is 16.2. The van der Waals surface area contributed by atoms with E-state index in [1.807, 2.05) is 31.2 Å². The van der Waals surface area contributed by atoms with Crippen molar-refractivity contribution >= 4 is 11.6 Å². The SMILES string of the molecule is Cc1ccc2c(c1)NC(=O)C(N)CC2c1ccccc1. The lowest BCUT2D eigenvalue weighted by molar-refractivity contribution is -0.117. The number of rotatable bonds is 1. The zero-order chi connectivity index (χ0) is 14.1. The minimum Gasteiger partial charge on any atom is -0.324 e. The monoisotopic (exact) mass is 266 g/mol. The topological polar surface area (TPSA) is 55.1 Å². The van der Waals surface area contributed by atoms with Crippen LogP contribution in [0.15, 0.2) is 48.5 Å². The maximum absolute atomic E-state index is 12.0. The molecule has 2 atom stereocenters. The van der Waals surface area contributed by atoms with Crippen molar-refractivity contribution in [2.45, 2.75) is 25.3 Å². The van der Waals surface area contributed by atoms with E-state index in [1.54, 1.807) is 0 Å². The van der Waals surface area contributed by atoms with E-state index in [2.05, 4.69) is 29.6 Å². The molecule has 20 heavy (non-hydrogen) atoms. The van der Waals surface area contributed by atoms with Gasteiger partial charge in [-0.05, 0) is 36.1 Å². The number of carbonyl (C=O) groups is 1. The van der Waals surface area contributed by atoms with Gasteiger partial charge in [0.2, 0.25) is 5.91 Å². The molecule has 0 aromatic heterocycles. The molecule has 0 radical (unpaired) electrons. The molecule has 1 aliphatic rings. The van der Waals surface area contributed by atoms with Crippen LogP contribution in [0.5, 0.6) is 0 Å². The molecule has 2 unspecified atom stereocenters. The molecule has 0 bridgehead atoms. The van der Waals surface area contributed by atoms with E-state index in [0.29, 0.717) is 6.42 Å². The third kappa shape index (κ3) is 2.32. The Morgan fingerprint density at radius 1 is 1.15 bits per heavy atom. The highest BCUT2D eigenvalue weighted by Crippen LogP contribution is 2.36. The Labute approximate surface area is 118 Å². The van der Waals surface area contributed by atoms with Crippen LogP contribution in [0, 0.1) is 6.92 Å². The summed E-state index contributed by atoms with van der Waals surface area (Å²) in [6.45, 7) is 2.02. The summed E-state index contributed by atoms with van der Waals surface area (Å²) < 4.78 is 0. The van der Waals surface area contributed by atoms with Crippen molar-refractivity contribution < 1.29 is 4.79 Å². The summed E-state index contributed by atoms with van der Waals surface area (Å²) in [7, 11) is 0. The van der Waals surface area contributed by atoms with Crippen LogP contribution in [0.2, 0.25) is 0 Å². The number of carbonyl (C=O) groups excluding carboxylic acids is 1. The van der Waals surface area contributed by atoms with E-state index in [1.165, 1.54) is 5.56 Å². The van der Waals surface area contributed by atoms with E-state index in [-0.39, 0.29) is 11.8 Å². The lowest BCUT2D eigenvalue weighted by atomic mass is 9.86. The van der Waals surface area contributed by atoms with Gasteiger partial charge < -0.3 is 11.1 Å². The molecule has 3 N–H and O–H groups in total. The lowest BCUT2D eigenvalue weighted by Crippen LogP contribution is -2.35. The first-order chi connectivity index (χ1) is 9.65. The molecule has 1 heterocycles. The first kappa shape index (κ1) is 12.9. The van der Waals surface area contributed by atoms with E-state index >= 15 is 0 Å². The average molecular weight is 266 g/mol. The largest absolute Gasteiger partial charge is 0.324 e. The second-order valence-corrected chi connectivity index (χ2v) is 5.39. The van der Waals surface area contributed by atoms with E-state index in [4.69, 9.17) is 5.73 Å². The number of nitrogens with one attached hydrogen (secondary N) is 1. The highest BCUT2D eigenvalue weighted by molar-refractivity contribution is 5.96. The Morgan fingerprint density at radius 2 is 1.90 bits per heavy atom. The zero-order valence-electron chi connectivity index (χ0n) is 11.5. The van der Waals surface area contributed by atoms with Crippen LogP contribution in [-0.4, -0.2) is 11.9 Å². The normalized spacial score (nSPS) is 21.8. The van der Waals surface area contributed by atoms with Gasteiger partial charge in [-0.15, -0.1) is 0 Å². The van der Waals surface area contributed by atoms with Crippen molar-refractivity contribution in [1.82, 2.24) is 0 Å². The quantitative estimate of drug-likeness (QED) is 0.834. The second-order valence-electron chi connectivity index (χ2n) is 5.39. The number of hydrogen-bond donors (Lipinski definition) is 2. The second kappa shape index (κ2) is 5.10. The Morgan fingerprint density at radius 3 is 2.65 bits per heavy atom. The highest BCUT2D eigenvalue weighted by Gasteiger charge is 2.28. The third-order valence-corrected chi connectivity index (χ3v) is 3.87. The number of aryl methyl sites for hydroxylation is 1. The number of fused-ring (bicyclic) bond motifs is 1. The van der Waals surface area contributed by atoms with Crippen molar-refractivity contribution in [1.29, 1.82) is 0 Å². The van der Waals surface area contributed by atoms with Gasteiger partial charge in [0.1, 0.15) is 0 Å². The van der Waals surface area contributed by atoms with Gasteiger partial charge in [-0.3, -0.25) is 4.79 Å². The van der Waals surface area contributed by atoms with Crippen molar-refractivity contribution in [2.75, 3.05) is 5.32 Å². The Kier molecular flexibility index (Phi) is 3.28. The molecule has 0 saturated carbocycles. The molecule has 2 aromatic rings. The standard InChI is InChI=1S/C17H18N2O/c1-11-7-8-13-14(12-5-3-2-4-6-12)10-15(18)17(20)19-16(13)9-11/h2-9,14-15H,10,18H2,1H3,(H,19,20). The number of amides is 1. The molecule has 102 valence electrons. The molecule has 0 saturated heterocycles. The molecular weight excluding hydrogens is 248 g/mol. The molecule has 3 heteroatoms. The van der Waals surface area contributed by atoms with Gasteiger partial charge in [-0.2, -0.15) is 0 Å². The van der Waals surface area contributed by atoms with Gasteiger partial charge in [0.15, 0.2) is 0 Å². The smallest absolute Gasteiger partial charge is 0.241 e.